The first-order chi connectivity index (χ1) is 7.49. The van der Waals surface area contributed by atoms with E-state index < -0.39 is 5.97 Å². The van der Waals surface area contributed by atoms with Gasteiger partial charge in [0.2, 0.25) is 0 Å². The van der Waals surface area contributed by atoms with E-state index in [9.17, 15) is 9.59 Å². The molecule has 5 nitrogen and oxygen atoms in total. The van der Waals surface area contributed by atoms with Gasteiger partial charge in [-0.3, -0.25) is 9.69 Å². The van der Waals surface area contributed by atoms with Crippen LogP contribution in [0, 0.1) is 5.92 Å². The smallest absolute Gasteiger partial charge is 0.352 e. The summed E-state index contributed by atoms with van der Waals surface area (Å²) in [6.07, 6.45) is 1.59. The van der Waals surface area contributed by atoms with E-state index in [1.54, 1.807) is 13.0 Å². The Balaban J connectivity index is 2.36. The molecule has 0 radical (unpaired) electrons. The Hall–Kier alpha value is -1.62. The first kappa shape index (κ1) is 10.9. The predicted octanol–water partition coefficient (Wildman–Crippen LogP) is 0.124. The van der Waals surface area contributed by atoms with Crippen LogP contribution in [0.1, 0.15) is 13.8 Å². The number of amides is 1. The van der Waals surface area contributed by atoms with E-state index in [1.807, 2.05) is 6.92 Å². The summed E-state index contributed by atoms with van der Waals surface area (Å²) in [5.74, 6) is -1.39. The number of fused-ring (bicyclic) bond motifs is 1. The van der Waals surface area contributed by atoms with Crippen LogP contribution >= 0.6 is 0 Å². The second-order valence-corrected chi connectivity index (χ2v) is 4.19. The first-order valence-corrected chi connectivity index (χ1v) is 5.08. The molecule has 2 heterocycles. The van der Waals surface area contributed by atoms with Gasteiger partial charge in [-0.1, -0.05) is 6.92 Å². The maximum atomic E-state index is 11.8. The minimum Gasteiger partial charge on any atom is -0.477 e. The van der Waals surface area contributed by atoms with Gasteiger partial charge in [-0.05, 0) is 18.6 Å². The summed E-state index contributed by atoms with van der Waals surface area (Å²) in [5, 5.41) is 17.9. The topological polar surface area (TPSA) is 77.8 Å². The fourth-order valence-corrected chi connectivity index (χ4v) is 2.32. The molecule has 5 heteroatoms. The third-order valence-electron chi connectivity index (χ3n) is 3.12. The molecular weight excluding hydrogens is 210 g/mol. The molecule has 16 heavy (non-hydrogen) atoms. The zero-order valence-corrected chi connectivity index (χ0v) is 9.10. The predicted molar refractivity (Wildman–Crippen MR) is 55.3 cm³/mol. The molecule has 0 bridgehead atoms. The molecule has 1 saturated heterocycles. The lowest BCUT2D eigenvalue weighted by molar-refractivity contribution is -0.142. The van der Waals surface area contributed by atoms with E-state index in [0.29, 0.717) is 11.1 Å². The summed E-state index contributed by atoms with van der Waals surface area (Å²) >= 11 is 0. The van der Waals surface area contributed by atoms with Gasteiger partial charge < -0.3 is 10.2 Å². The van der Waals surface area contributed by atoms with Crippen LogP contribution in [0.25, 0.3) is 0 Å². The fraction of sp³-hybridized carbons (Fsp3) is 0.455. The second-order valence-electron chi connectivity index (χ2n) is 4.19. The highest BCUT2D eigenvalue weighted by Crippen LogP contribution is 2.42. The Morgan fingerprint density at radius 3 is 2.69 bits per heavy atom. The third-order valence-corrected chi connectivity index (χ3v) is 3.12. The van der Waals surface area contributed by atoms with Crippen molar-refractivity contribution in [2.24, 2.45) is 5.92 Å². The molecule has 2 N–H and O–H groups in total. The van der Waals surface area contributed by atoms with Crippen molar-refractivity contribution >= 4 is 11.9 Å². The number of rotatable bonds is 2. The van der Waals surface area contributed by atoms with Crippen molar-refractivity contribution in [1.82, 2.24) is 4.90 Å². The van der Waals surface area contributed by atoms with E-state index in [1.165, 1.54) is 4.90 Å². The monoisotopic (exact) mass is 223 g/mol. The average molecular weight is 223 g/mol. The average Bonchev–Trinajstić information content (AvgIpc) is 2.52. The van der Waals surface area contributed by atoms with Crippen LogP contribution in [-0.4, -0.2) is 39.6 Å². The zero-order chi connectivity index (χ0) is 12.0. The number of hydrogen-bond donors (Lipinski definition) is 2. The number of carboxylic acids is 1. The van der Waals surface area contributed by atoms with Crippen LogP contribution in [0.4, 0.5) is 0 Å². The van der Waals surface area contributed by atoms with E-state index >= 15 is 0 Å². The second kappa shape index (κ2) is 3.45. The van der Waals surface area contributed by atoms with Gasteiger partial charge in [0.15, 0.2) is 0 Å². The van der Waals surface area contributed by atoms with Crippen LogP contribution < -0.4 is 0 Å². The molecule has 1 amide bonds. The molecule has 0 spiro atoms. The Morgan fingerprint density at radius 2 is 2.19 bits per heavy atom. The lowest BCUT2D eigenvalue weighted by atomic mass is 9.85. The van der Waals surface area contributed by atoms with Gasteiger partial charge in [0.1, 0.15) is 5.70 Å². The summed E-state index contributed by atoms with van der Waals surface area (Å²) in [5.41, 5.74) is 1.23. The van der Waals surface area contributed by atoms with E-state index in [0.717, 1.165) is 0 Å². The molecular formula is C11H13NO4. The van der Waals surface area contributed by atoms with Crippen molar-refractivity contribution in [3.05, 3.63) is 22.9 Å². The number of nitrogens with zero attached hydrogens (tertiary/aromatic N) is 1. The number of carbonyl (C=O) groups is 2. The zero-order valence-electron chi connectivity index (χ0n) is 9.10. The van der Waals surface area contributed by atoms with E-state index in [4.69, 9.17) is 10.2 Å². The highest BCUT2D eigenvalue weighted by atomic mass is 16.4. The molecule has 0 unspecified atom stereocenters. The van der Waals surface area contributed by atoms with Crippen molar-refractivity contribution < 1.29 is 19.8 Å². The SMILES string of the molecule is C/C(CO)=C1\C(=O)N2C(C(=O)O)=C[C@@H](C)[C@H]12. The summed E-state index contributed by atoms with van der Waals surface area (Å²) in [7, 11) is 0. The number of β-lactam (4-membered cyclic amide) rings is 1. The molecule has 2 aliphatic rings. The quantitative estimate of drug-likeness (QED) is 0.515. The minimum atomic E-state index is -1.08. The van der Waals surface area contributed by atoms with Crippen molar-refractivity contribution in [2.75, 3.05) is 6.61 Å². The Morgan fingerprint density at radius 1 is 1.56 bits per heavy atom. The van der Waals surface area contributed by atoms with Gasteiger partial charge in [0.05, 0.1) is 12.6 Å². The molecule has 2 rings (SSSR count). The Labute approximate surface area is 92.7 Å². The van der Waals surface area contributed by atoms with E-state index in [-0.39, 0.29) is 30.2 Å². The van der Waals surface area contributed by atoms with Crippen LogP contribution in [0.3, 0.4) is 0 Å². The molecule has 0 saturated carbocycles. The number of aliphatic carboxylic acids is 1. The van der Waals surface area contributed by atoms with Gasteiger partial charge in [-0.25, -0.2) is 4.79 Å². The number of carboxylic acid groups (broad SMARTS) is 1. The maximum Gasteiger partial charge on any atom is 0.352 e. The number of carbonyl (C=O) groups excluding carboxylic acids is 1. The van der Waals surface area contributed by atoms with E-state index in [2.05, 4.69) is 0 Å². The number of aliphatic hydroxyl groups excluding tert-OH is 1. The summed E-state index contributed by atoms with van der Waals surface area (Å²) in [6, 6.07) is -0.203. The standard InChI is InChI=1S/C11H13NO4/c1-5-3-7(11(15)16)12-9(5)8(10(12)14)6(2)4-13/h3,5,9,13H,4H2,1-2H3,(H,15,16)/b8-6+/t5-,9-/m1/s1. The molecule has 0 aromatic rings. The van der Waals surface area contributed by atoms with Crippen LogP contribution in [0.2, 0.25) is 0 Å². The molecule has 86 valence electrons. The van der Waals surface area contributed by atoms with Crippen LogP contribution in [-0.2, 0) is 9.59 Å². The van der Waals surface area contributed by atoms with Crippen molar-refractivity contribution in [2.45, 2.75) is 19.9 Å². The highest BCUT2D eigenvalue weighted by molar-refractivity contribution is 6.09. The number of hydrogen-bond acceptors (Lipinski definition) is 3. The molecule has 0 aliphatic carbocycles. The molecule has 1 fully saturated rings. The summed E-state index contributed by atoms with van der Waals surface area (Å²) in [6.45, 7) is 3.39. The van der Waals surface area contributed by atoms with Gasteiger partial charge in [0, 0.05) is 11.5 Å². The fourth-order valence-electron chi connectivity index (χ4n) is 2.32. The van der Waals surface area contributed by atoms with Gasteiger partial charge in [0.25, 0.3) is 5.91 Å². The molecule has 0 aromatic heterocycles. The first-order valence-electron chi connectivity index (χ1n) is 5.08. The van der Waals surface area contributed by atoms with Crippen molar-refractivity contribution in [1.29, 1.82) is 0 Å². The third kappa shape index (κ3) is 1.21. The van der Waals surface area contributed by atoms with Crippen LogP contribution in [0.15, 0.2) is 22.9 Å². The Kier molecular flexibility index (Phi) is 2.35. The number of aliphatic hydroxyl groups is 1. The van der Waals surface area contributed by atoms with Gasteiger partial charge in [-0.2, -0.15) is 0 Å². The van der Waals surface area contributed by atoms with Crippen LogP contribution in [0.5, 0.6) is 0 Å². The normalized spacial score (nSPS) is 30.8. The molecule has 2 aliphatic heterocycles. The molecule has 0 aromatic carbocycles. The molecule has 2 atom stereocenters. The Bertz CT molecular complexity index is 435. The van der Waals surface area contributed by atoms with Crippen molar-refractivity contribution in [3.8, 4) is 0 Å². The summed E-state index contributed by atoms with van der Waals surface area (Å²) < 4.78 is 0. The van der Waals surface area contributed by atoms with Gasteiger partial charge >= 0.3 is 5.97 Å². The lowest BCUT2D eigenvalue weighted by Crippen LogP contribution is -2.55. The minimum absolute atomic E-state index is 0.0136. The maximum absolute atomic E-state index is 11.8. The largest absolute Gasteiger partial charge is 0.477 e. The van der Waals surface area contributed by atoms with Gasteiger partial charge in [-0.15, -0.1) is 0 Å². The van der Waals surface area contributed by atoms with Crippen molar-refractivity contribution in [3.63, 3.8) is 0 Å². The summed E-state index contributed by atoms with van der Waals surface area (Å²) in [4.78, 5) is 24.0. The highest BCUT2D eigenvalue weighted by Gasteiger charge is 2.52. The lowest BCUT2D eigenvalue weighted by Gasteiger charge is -2.41.